The summed E-state index contributed by atoms with van der Waals surface area (Å²) in [5.74, 6) is 0.125. The van der Waals surface area contributed by atoms with Gasteiger partial charge in [-0.3, -0.25) is 9.69 Å². The molecule has 16 heavy (non-hydrogen) atoms. The van der Waals surface area contributed by atoms with Crippen LogP contribution in [-0.4, -0.2) is 60.8 Å². The summed E-state index contributed by atoms with van der Waals surface area (Å²) in [6, 6.07) is 0. The van der Waals surface area contributed by atoms with Crippen molar-refractivity contribution in [3.05, 3.63) is 0 Å². The fourth-order valence-corrected chi connectivity index (χ4v) is 2.44. The van der Waals surface area contributed by atoms with E-state index in [0.29, 0.717) is 19.5 Å². The lowest BCUT2D eigenvalue weighted by molar-refractivity contribution is -0.120. The van der Waals surface area contributed by atoms with E-state index in [0.717, 1.165) is 39.0 Å². The number of nitrogens with one attached hydrogen (secondary N) is 2. The lowest BCUT2D eigenvalue weighted by Gasteiger charge is -2.36. The minimum atomic E-state index is -0.557. The Bertz CT molecular complexity index is 252. The topological polar surface area (TPSA) is 64.6 Å². The third-order valence-electron chi connectivity index (χ3n) is 3.46. The highest BCUT2D eigenvalue weighted by Gasteiger charge is 2.31. The van der Waals surface area contributed by atoms with Crippen molar-refractivity contribution >= 4 is 5.91 Å². The van der Waals surface area contributed by atoms with Gasteiger partial charge in [0, 0.05) is 32.6 Å². The van der Waals surface area contributed by atoms with Crippen LogP contribution in [0.25, 0.3) is 0 Å². The molecular weight excluding hydrogens is 206 g/mol. The minimum Gasteiger partial charge on any atom is -0.388 e. The second-order valence-corrected chi connectivity index (χ2v) is 4.85. The highest BCUT2D eigenvalue weighted by atomic mass is 16.3. The SMILES string of the molecule is O=C1CCN(CC2(O)CCNCC2)CCN1. The molecule has 1 amide bonds. The largest absolute Gasteiger partial charge is 0.388 e. The van der Waals surface area contributed by atoms with Crippen LogP contribution in [0.4, 0.5) is 0 Å². The Labute approximate surface area is 96.2 Å². The van der Waals surface area contributed by atoms with E-state index in [-0.39, 0.29) is 5.91 Å². The summed E-state index contributed by atoms with van der Waals surface area (Å²) < 4.78 is 0. The van der Waals surface area contributed by atoms with Gasteiger partial charge in [0.15, 0.2) is 0 Å². The van der Waals surface area contributed by atoms with Crippen LogP contribution in [0.1, 0.15) is 19.3 Å². The minimum absolute atomic E-state index is 0.125. The van der Waals surface area contributed by atoms with Crippen molar-refractivity contribution in [1.82, 2.24) is 15.5 Å². The van der Waals surface area contributed by atoms with E-state index in [1.54, 1.807) is 0 Å². The van der Waals surface area contributed by atoms with Gasteiger partial charge in [0.25, 0.3) is 0 Å². The number of hydrogen-bond acceptors (Lipinski definition) is 4. The number of aliphatic hydroxyl groups is 1. The van der Waals surface area contributed by atoms with E-state index in [4.69, 9.17) is 0 Å². The van der Waals surface area contributed by atoms with E-state index < -0.39 is 5.60 Å². The zero-order valence-electron chi connectivity index (χ0n) is 9.67. The van der Waals surface area contributed by atoms with E-state index in [9.17, 15) is 9.90 Å². The fourth-order valence-electron chi connectivity index (χ4n) is 2.44. The number of nitrogens with zero attached hydrogens (tertiary/aromatic N) is 1. The highest BCUT2D eigenvalue weighted by molar-refractivity contribution is 5.76. The summed E-state index contributed by atoms with van der Waals surface area (Å²) in [6.07, 6.45) is 2.17. The van der Waals surface area contributed by atoms with Gasteiger partial charge in [0.05, 0.1) is 5.60 Å². The van der Waals surface area contributed by atoms with Crippen LogP contribution in [0.15, 0.2) is 0 Å². The summed E-state index contributed by atoms with van der Waals surface area (Å²) >= 11 is 0. The Hall–Kier alpha value is -0.650. The maximum atomic E-state index is 11.2. The number of hydrogen-bond donors (Lipinski definition) is 3. The van der Waals surface area contributed by atoms with E-state index in [1.807, 2.05) is 0 Å². The molecule has 92 valence electrons. The van der Waals surface area contributed by atoms with Gasteiger partial charge in [0.2, 0.25) is 5.91 Å². The average molecular weight is 227 g/mol. The van der Waals surface area contributed by atoms with Crippen molar-refractivity contribution in [3.63, 3.8) is 0 Å². The Balaban J connectivity index is 1.85. The molecule has 2 fully saturated rings. The van der Waals surface area contributed by atoms with Crippen molar-refractivity contribution in [2.24, 2.45) is 0 Å². The Morgan fingerprint density at radius 3 is 2.75 bits per heavy atom. The van der Waals surface area contributed by atoms with Gasteiger partial charge in [-0.15, -0.1) is 0 Å². The smallest absolute Gasteiger partial charge is 0.221 e. The van der Waals surface area contributed by atoms with Crippen LogP contribution in [0.2, 0.25) is 0 Å². The second-order valence-electron chi connectivity index (χ2n) is 4.85. The maximum Gasteiger partial charge on any atom is 0.221 e. The number of piperidine rings is 1. The normalized spacial score (nSPS) is 27.2. The molecule has 2 saturated heterocycles. The van der Waals surface area contributed by atoms with Crippen LogP contribution < -0.4 is 10.6 Å². The number of carbonyl (C=O) groups is 1. The monoisotopic (exact) mass is 227 g/mol. The molecule has 0 unspecified atom stereocenters. The Morgan fingerprint density at radius 1 is 1.25 bits per heavy atom. The Kier molecular flexibility index (Phi) is 3.78. The van der Waals surface area contributed by atoms with Gasteiger partial charge in [-0.25, -0.2) is 0 Å². The van der Waals surface area contributed by atoms with Gasteiger partial charge in [-0.05, 0) is 25.9 Å². The van der Waals surface area contributed by atoms with Crippen molar-refractivity contribution < 1.29 is 9.90 Å². The molecule has 5 nitrogen and oxygen atoms in total. The third-order valence-corrected chi connectivity index (χ3v) is 3.46. The summed E-state index contributed by atoms with van der Waals surface area (Å²) in [6.45, 7) is 4.79. The van der Waals surface area contributed by atoms with Crippen molar-refractivity contribution in [3.8, 4) is 0 Å². The van der Waals surface area contributed by atoms with Crippen LogP contribution in [0.3, 0.4) is 0 Å². The van der Waals surface area contributed by atoms with Crippen molar-refractivity contribution in [1.29, 1.82) is 0 Å². The van der Waals surface area contributed by atoms with Gasteiger partial charge in [-0.2, -0.15) is 0 Å². The molecule has 0 radical (unpaired) electrons. The molecule has 2 heterocycles. The van der Waals surface area contributed by atoms with Gasteiger partial charge in [-0.1, -0.05) is 0 Å². The summed E-state index contributed by atoms with van der Waals surface area (Å²) in [5, 5.41) is 16.5. The fraction of sp³-hybridized carbons (Fsp3) is 0.909. The molecule has 0 atom stereocenters. The molecule has 3 N–H and O–H groups in total. The van der Waals surface area contributed by atoms with Crippen LogP contribution >= 0.6 is 0 Å². The summed E-state index contributed by atoms with van der Waals surface area (Å²) in [7, 11) is 0. The first-order valence-electron chi connectivity index (χ1n) is 6.10. The zero-order chi connectivity index (χ0) is 11.4. The molecule has 2 rings (SSSR count). The second kappa shape index (κ2) is 5.12. The predicted molar refractivity (Wildman–Crippen MR) is 61.1 cm³/mol. The predicted octanol–water partition coefficient (Wildman–Crippen LogP) is -1.08. The van der Waals surface area contributed by atoms with Gasteiger partial charge in [0.1, 0.15) is 0 Å². The number of carbonyl (C=O) groups excluding carboxylic acids is 1. The first-order chi connectivity index (χ1) is 7.68. The van der Waals surface area contributed by atoms with E-state index in [2.05, 4.69) is 15.5 Å². The first-order valence-corrected chi connectivity index (χ1v) is 6.10. The molecule has 5 heteroatoms. The average Bonchev–Trinajstić information content (AvgIpc) is 2.44. The van der Waals surface area contributed by atoms with Crippen LogP contribution in [0, 0.1) is 0 Å². The molecule has 0 aromatic rings. The molecule has 0 aromatic carbocycles. The summed E-state index contributed by atoms with van der Waals surface area (Å²) in [5.41, 5.74) is -0.557. The highest BCUT2D eigenvalue weighted by Crippen LogP contribution is 2.19. The van der Waals surface area contributed by atoms with Crippen molar-refractivity contribution in [2.75, 3.05) is 39.3 Å². The number of rotatable bonds is 2. The quantitative estimate of drug-likeness (QED) is 0.562. The number of β-amino-alcohol motifs (C(OH)–C–C–N with tert-alkyl or cyclic N) is 1. The molecule has 2 aliphatic rings. The molecule has 0 aromatic heterocycles. The molecule has 0 saturated carbocycles. The third kappa shape index (κ3) is 3.17. The molecular formula is C11H21N3O2. The molecule has 0 aliphatic carbocycles. The van der Waals surface area contributed by atoms with Gasteiger partial charge >= 0.3 is 0 Å². The summed E-state index contributed by atoms with van der Waals surface area (Å²) in [4.78, 5) is 13.4. The van der Waals surface area contributed by atoms with E-state index in [1.165, 1.54) is 0 Å². The zero-order valence-corrected chi connectivity index (χ0v) is 9.67. The lowest BCUT2D eigenvalue weighted by atomic mass is 9.92. The standard InChI is InChI=1S/C11H21N3O2/c15-10-1-7-14(8-6-13-10)9-11(16)2-4-12-5-3-11/h12,16H,1-9H2,(H,13,15). The Morgan fingerprint density at radius 2 is 2.00 bits per heavy atom. The van der Waals surface area contributed by atoms with Crippen LogP contribution in [0.5, 0.6) is 0 Å². The van der Waals surface area contributed by atoms with E-state index >= 15 is 0 Å². The number of amides is 1. The lowest BCUT2D eigenvalue weighted by Crippen LogP contribution is -2.50. The maximum absolute atomic E-state index is 11.2. The van der Waals surface area contributed by atoms with Gasteiger partial charge < -0.3 is 15.7 Å². The molecule has 2 aliphatic heterocycles. The van der Waals surface area contributed by atoms with Crippen molar-refractivity contribution in [2.45, 2.75) is 24.9 Å². The first kappa shape index (κ1) is 11.8. The molecule has 0 spiro atoms. The molecule has 0 bridgehead atoms. The van der Waals surface area contributed by atoms with Crippen LogP contribution in [-0.2, 0) is 4.79 Å².